The molecule has 21 heavy (non-hydrogen) atoms. The molecule has 3 rings (SSSR count). The highest BCUT2D eigenvalue weighted by Crippen LogP contribution is 2.45. The van der Waals surface area contributed by atoms with Crippen molar-refractivity contribution in [2.24, 2.45) is 5.92 Å². The number of carbonyl (C=O) groups is 1. The predicted molar refractivity (Wildman–Crippen MR) is 79.9 cm³/mol. The van der Waals surface area contributed by atoms with Crippen LogP contribution in [-0.4, -0.2) is 11.1 Å². The van der Waals surface area contributed by atoms with Gasteiger partial charge in [-0.1, -0.05) is 31.4 Å². The van der Waals surface area contributed by atoms with Gasteiger partial charge in [0.2, 0.25) is 0 Å². The molecule has 2 aliphatic carbocycles. The third kappa shape index (κ3) is 3.45. The third-order valence-corrected chi connectivity index (χ3v) is 5.08. The first-order valence-electron chi connectivity index (χ1n) is 8.16. The molecule has 2 fully saturated rings. The van der Waals surface area contributed by atoms with E-state index in [0.717, 1.165) is 36.8 Å². The molecule has 1 N–H and O–H groups in total. The second-order valence-corrected chi connectivity index (χ2v) is 6.66. The fraction of sp³-hybridized carbons (Fsp3) is 0.611. The molecule has 1 aromatic carbocycles. The van der Waals surface area contributed by atoms with E-state index in [1.807, 2.05) is 12.1 Å². The van der Waals surface area contributed by atoms with Crippen LogP contribution in [0.25, 0.3) is 0 Å². The van der Waals surface area contributed by atoms with Crippen molar-refractivity contribution in [3.05, 3.63) is 35.1 Å². The van der Waals surface area contributed by atoms with Crippen LogP contribution in [0.1, 0.15) is 74.3 Å². The summed E-state index contributed by atoms with van der Waals surface area (Å²) in [6.45, 7) is 0. The number of aliphatic carboxylic acids is 1. The van der Waals surface area contributed by atoms with Crippen molar-refractivity contribution in [3.8, 4) is 0 Å². The quantitative estimate of drug-likeness (QED) is 0.842. The van der Waals surface area contributed by atoms with E-state index < -0.39 is 5.97 Å². The van der Waals surface area contributed by atoms with Gasteiger partial charge in [0.05, 0.1) is 6.42 Å². The fourth-order valence-corrected chi connectivity index (χ4v) is 3.76. The Morgan fingerprint density at radius 3 is 2.48 bits per heavy atom. The average molecular weight is 290 g/mol. The Labute approximate surface area is 125 Å². The Balaban J connectivity index is 1.80. The van der Waals surface area contributed by atoms with E-state index in [1.54, 1.807) is 6.07 Å². The number of hydrogen-bond donors (Lipinski definition) is 1. The number of carboxylic acid groups (broad SMARTS) is 1. The molecule has 2 nitrogen and oxygen atoms in total. The molecular weight excluding hydrogens is 267 g/mol. The molecule has 0 amide bonds. The summed E-state index contributed by atoms with van der Waals surface area (Å²) in [6, 6.07) is 5.49. The summed E-state index contributed by atoms with van der Waals surface area (Å²) in [5.74, 6) is -0.149. The van der Waals surface area contributed by atoms with Crippen LogP contribution in [0.4, 0.5) is 4.39 Å². The van der Waals surface area contributed by atoms with Crippen molar-refractivity contribution in [3.63, 3.8) is 0 Å². The molecule has 114 valence electrons. The Morgan fingerprint density at radius 1 is 1.19 bits per heavy atom. The number of benzene rings is 1. The molecule has 0 radical (unpaired) electrons. The highest BCUT2D eigenvalue weighted by molar-refractivity contribution is 5.68. The molecule has 2 saturated carbocycles. The lowest BCUT2D eigenvalue weighted by atomic mass is 9.82. The average Bonchev–Trinajstić information content (AvgIpc) is 3.30. The molecule has 0 saturated heterocycles. The van der Waals surface area contributed by atoms with Crippen LogP contribution < -0.4 is 0 Å². The smallest absolute Gasteiger partial charge is 0.303 e. The van der Waals surface area contributed by atoms with E-state index in [9.17, 15) is 9.18 Å². The number of hydrogen-bond acceptors (Lipinski definition) is 1. The van der Waals surface area contributed by atoms with Gasteiger partial charge in [-0.05, 0) is 60.6 Å². The van der Waals surface area contributed by atoms with Crippen LogP contribution in [0.5, 0.6) is 0 Å². The fourth-order valence-electron chi connectivity index (χ4n) is 3.76. The van der Waals surface area contributed by atoms with E-state index in [1.165, 1.54) is 19.3 Å². The molecule has 0 spiro atoms. The molecule has 0 heterocycles. The minimum atomic E-state index is -0.788. The van der Waals surface area contributed by atoms with E-state index in [-0.39, 0.29) is 18.2 Å². The zero-order valence-corrected chi connectivity index (χ0v) is 12.4. The van der Waals surface area contributed by atoms with Crippen molar-refractivity contribution >= 4 is 5.97 Å². The second kappa shape index (κ2) is 6.17. The van der Waals surface area contributed by atoms with Crippen molar-refractivity contribution in [1.82, 2.24) is 0 Å². The van der Waals surface area contributed by atoms with Crippen LogP contribution in [0.2, 0.25) is 0 Å². The first-order chi connectivity index (χ1) is 10.1. The highest BCUT2D eigenvalue weighted by atomic mass is 19.1. The molecule has 0 bridgehead atoms. The van der Waals surface area contributed by atoms with E-state index in [2.05, 4.69) is 0 Å². The normalized spacial score (nSPS) is 21.2. The zero-order valence-electron chi connectivity index (χ0n) is 12.4. The Bertz CT molecular complexity index is 516. The summed E-state index contributed by atoms with van der Waals surface area (Å²) in [5, 5.41) is 9.06. The zero-order chi connectivity index (χ0) is 14.8. The van der Waals surface area contributed by atoms with Gasteiger partial charge in [0, 0.05) is 0 Å². The van der Waals surface area contributed by atoms with Crippen molar-refractivity contribution < 1.29 is 14.3 Å². The van der Waals surface area contributed by atoms with E-state index in [4.69, 9.17) is 5.11 Å². The molecule has 2 aliphatic rings. The molecular formula is C18H23FO2. The SMILES string of the molecule is O=C(O)CC(c1ccc(C2CCCCC2)c(F)c1)C1CC1. The predicted octanol–water partition coefficient (Wildman–Crippen LogP) is 4.84. The molecule has 0 aliphatic heterocycles. The van der Waals surface area contributed by atoms with Gasteiger partial charge < -0.3 is 5.11 Å². The van der Waals surface area contributed by atoms with Gasteiger partial charge >= 0.3 is 5.97 Å². The maximum Gasteiger partial charge on any atom is 0.303 e. The van der Waals surface area contributed by atoms with Gasteiger partial charge in [0.15, 0.2) is 0 Å². The lowest BCUT2D eigenvalue weighted by Crippen LogP contribution is -2.11. The Kier molecular flexibility index (Phi) is 4.27. The van der Waals surface area contributed by atoms with Gasteiger partial charge in [-0.15, -0.1) is 0 Å². The molecule has 3 heteroatoms. The van der Waals surface area contributed by atoms with Crippen LogP contribution in [0.3, 0.4) is 0 Å². The van der Waals surface area contributed by atoms with Gasteiger partial charge in [-0.25, -0.2) is 4.39 Å². The van der Waals surface area contributed by atoms with Crippen LogP contribution in [0.15, 0.2) is 18.2 Å². The second-order valence-electron chi connectivity index (χ2n) is 6.66. The van der Waals surface area contributed by atoms with Gasteiger partial charge in [-0.2, -0.15) is 0 Å². The lowest BCUT2D eigenvalue weighted by molar-refractivity contribution is -0.137. The maximum absolute atomic E-state index is 14.5. The van der Waals surface area contributed by atoms with Gasteiger partial charge in [-0.3, -0.25) is 4.79 Å². The van der Waals surface area contributed by atoms with Crippen molar-refractivity contribution in [2.45, 2.75) is 63.2 Å². The Hall–Kier alpha value is -1.38. The third-order valence-electron chi connectivity index (χ3n) is 5.08. The van der Waals surface area contributed by atoms with Crippen LogP contribution in [0, 0.1) is 11.7 Å². The summed E-state index contributed by atoms with van der Waals surface area (Å²) < 4.78 is 14.5. The highest BCUT2D eigenvalue weighted by Gasteiger charge is 2.34. The molecule has 1 unspecified atom stereocenters. The van der Waals surface area contributed by atoms with Crippen LogP contribution >= 0.6 is 0 Å². The summed E-state index contributed by atoms with van der Waals surface area (Å²) >= 11 is 0. The molecule has 1 aromatic rings. The first kappa shape index (κ1) is 14.6. The van der Waals surface area contributed by atoms with E-state index in [0.29, 0.717) is 11.8 Å². The number of halogens is 1. The molecule has 0 aromatic heterocycles. The summed E-state index contributed by atoms with van der Waals surface area (Å²) in [7, 11) is 0. The largest absolute Gasteiger partial charge is 0.481 e. The topological polar surface area (TPSA) is 37.3 Å². The maximum atomic E-state index is 14.5. The van der Waals surface area contributed by atoms with Gasteiger partial charge in [0.25, 0.3) is 0 Å². The summed E-state index contributed by atoms with van der Waals surface area (Å²) in [5.41, 5.74) is 1.71. The minimum absolute atomic E-state index is 0.0163. The van der Waals surface area contributed by atoms with Crippen LogP contribution in [-0.2, 0) is 4.79 Å². The summed E-state index contributed by atoms with van der Waals surface area (Å²) in [4.78, 5) is 11.0. The Morgan fingerprint density at radius 2 is 1.90 bits per heavy atom. The standard InChI is InChI=1S/C18H23FO2/c19-17-10-14(16(11-18(20)21)13-6-7-13)8-9-15(17)12-4-2-1-3-5-12/h8-10,12-13,16H,1-7,11H2,(H,20,21). The first-order valence-corrected chi connectivity index (χ1v) is 8.16. The minimum Gasteiger partial charge on any atom is -0.481 e. The van der Waals surface area contributed by atoms with E-state index >= 15 is 0 Å². The lowest BCUT2D eigenvalue weighted by Gasteiger charge is -2.23. The number of carboxylic acids is 1. The van der Waals surface area contributed by atoms with Crippen molar-refractivity contribution in [1.29, 1.82) is 0 Å². The van der Waals surface area contributed by atoms with Gasteiger partial charge in [0.1, 0.15) is 5.82 Å². The number of rotatable bonds is 5. The summed E-state index contributed by atoms with van der Waals surface area (Å²) in [6.07, 6.45) is 8.07. The van der Waals surface area contributed by atoms with Crippen molar-refractivity contribution in [2.75, 3.05) is 0 Å². The molecule has 1 atom stereocenters. The monoisotopic (exact) mass is 290 g/mol.